The van der Waals surface area contributed by atoms with Crippen LogP contribution in [-0.4, -0.2) is 92.2 Å². The van der Waals surface area contributed by atoms with Gasteiger partial charge in [-0.15, -0.1) is 0 Å². The molecule has 1 atom stereocenters. The van der Waals surface area contributed by atoms with E-state index >= 15 is 0 Å². The lowest BCUT2D eigenvalue weighted by Crippen LogP contribution is -2.74. The molecule has 7 heteroatoms. The maximum atomic E-state index is 12.1. The molecule has 2 aliphatic heterocycles. The second-order valence-corrected chi connectivity index (χ2v) is 7.03. The van der Waals surface area contributed by atoms with Crippen molar-refractivity contribution in [2.45, 2.75) is 24.5 Å². The van der Waals surface area contributed by atoms with Crippen LogP contribution in [0.4, 0.5) is 4.79 Å². The summed E-state index contributed by atoms with van der Waals surface area (Å²) in [4.78, 5) is 29.7. The number of nitrogens with zero attached hydrogens (tertiary/aromatic N) is 3. The van der Waals surface area contributed by atoms with E-state index in [2.05, 4.69) is 10.2 Å². The van der Waals surface area contributed by atoms with Gasteiger partial charge in [0.15, 0.2) is 0 Å². The highest BCUT2D eigenvalue weighted by molar-refractivity contribution is 5.81. The summed E-state index contributed by atoms with van der Waals surface area (Å²) in [7, 11) is 5.19. The van der Waals surface area contributed by atoms with Gasteiger partial charge in [-0.1, -0.05) is 0 Å². The number of nitrogens with one attached hydrogen (secondary N) is 1. The minimum Gasteiger partial charge on any atom is -0.368 e. The van der Waals surface area contributed by atoms with E-state index in [4.69, 9.17) is 4.74 Å². The smallest absolute Gasteiger partial charge is 0.319 e. The van der Waals surface area contributed by atoms with Crippen LogP contribution in [0.5, 0.6) is 0 Å². The third kappa shape index (κ3) is 2.92. The molecule has 124 valence electrons. The second kappa shape index (κ2) is 5.70. The zero-order valence-corrected chi connectivity index (χ0v) is 13.7. The molecule has 0 aromatic rings. The molecular weight excluding hydrogens is 284 g/mol. The van der Waals surface area contributed by atoms with E-state index in [1.807, 2.05) is 0 Å². The Balaban J connectivity index is 1.62. The Morgan fingerprint density at radius 3 is 2.50 bits per heavy atom. The normalized spacial score (nSPS) is 27.4. The summed E-state index contributed by atoms with van der Waals surface area (Å²) in [5.41, 5.74) is -0.287. The largest absolute Gasteiger partial charge is 0.368 e. The van der Waals surface area contributed by atoms with E-state index in [-0.39, 0.29) is 23.6 Å². The highest BCUT2D eigenvalue weighted by Gasteiger charge is 2.52. The number of amides is 3. The Bertz CT molecular complexity index is 458. The molecule has 2 saturated heterocycles. The molecule has 3 amide bonds. The maximum absolute atomic E-state index is 12.1. The fourth-order valence-electron chi connectivity index (χ4n) is 3.38. The van der Waals surface area contributed by atoms with Crippen LogP contribution in [0, 0.1) is 5.92 Å². The average Bonchev–Trinajstić information content (AvgIpc) is 3.27. The van der Waals surface area contributed by atoms with Crippen molar-refractivity contribution in [1.29, 1.82) is 0 Å². The molecule has 1 saturated carbocycles. The summed E-state index contributed by atoms with van der Waals surface area (Å²) in [5, 5.41) is 2.73. The van der Waals surface area contributed by atoms with E-state index < -0.39 is 0 Å². The number of ether oxygens (including phenoxy) is 1. The van der Waals surface area contributed by atoms with Gasteiger partial charge in [-0.25, -0.2) is 4.79 Å². The highest BCUT2D eigenvalue weighted by Crippen LogP contribution is 2.35. The van der Waals surface area contributed by atoms with Gasteiger partial charge in [0.05, 0.1) is 19.7 Å². The maximum Gasteiger partial charge on any atom is 0.319 e. The third-order valence-corrected chi connectivity index (χ3v) is 4.83. The van der Waals surface area contributed by atoms with Crippen molar-refractivity contribution in [3.05, 3.63) is 0 Å². The topological polar surface area (TPSA) is 65.1 Å². The molecule has 0 unspecified atom stereocenters. The first-order valence-corrected chi connectivity index (χ1v) is 8.00. The van der Waals surface area contributed by atoms with Crippen molar-refractivity contribution >= 4 is 11.9 Å². The molecule has 2 heterocycles. The number of likely N-dealkylation sites (N-methyl/N-ethyl adjacent to an activating group) is 1. The van der Waals surface area contributed by atoms with Gasteiger partial charge in [-0.05, 0) is 18.8 Å². The van der Waals surface area contributed by atoms with Gasteiger partial charge in [0.25, 0.3) is 0 Å². The number of hydrogen-bond donors (Lipinski definition) is 1. The number of carbonyl (C=O) groups is 2. The SMILES string of the molecule is CNC(=O)[C@H]1COC2(CN(C(=O)N(C)C)C2)CN1CC1CC1. The Kier molecular flexibility index (Phi) is 4.03. The molecule has 3 aliphatic rings. The van der Waals surface area contributed by atoms with Crippen LogP contribution in [0.3, 0.4) is 0 Å². The van der Waals surface area contributed by atoms with Crippen LogP contribution < -0.4 is 5.32 Å². The van der Waals surface area contributed by atoms with Crippen LogP contribution in [0.15, 0.2) is 0 Å². The Morgan fingerprint density at radius 2 is 1.95 bits per heavy atom. The lowest BCUT2D eigenvalue weighted by molar-refractivity contribution is -0.192. The molecular formula is C15H26N4O3. The zero-order chi connectivity index (χ0) is 15.9. The molecule has 1 spiro atoms. The lowest BCUT2D eigenvalue weighted by atomic mass is 9.90. The van der Waals surface area contributed by atoms with Gasteiger partial charge >= 0.3 is 6.03 Å². The van der Waals surface area contributed by atoms with Crippen LogP contribution >= 0.6 is 0 Å². The number of hydrogen-bond acceptors (Lipinski definition) is 4. The molecule has 0 bridgehead atoms. The van der Waals surface area contributed by atoms with Gasteiger partial charge in [0, 0.05) is 34.2 Å². The van der Waals surface area contributed by atoms with Gasteiger partial charge in [0.2, 0.25) is 5.91 Å². The third-order valence-electron chi connectivity index (χ3n) is 4.83. The Hall–Kier alpha value is -1.34. The number of carbonyl (C=O) groups excluding carboxylic acids is 2. The molecule has 0 radical (unpaired) electrons. The number of rotatable bonds is 3. The van der Waals surface area contributed by atoms with Crippen molar-refractivity contribution in [2.75, 3.05) is 53.9 Å². The van der Waals surface area contributed by atoms with Gasteiger partial charge in [-0.2, -0.15) is 0 Å². The first kappa shape index (κ1) is 15.6. The summed E-state index contributed by atoms with van der Waals surface area (Å²) in [5.74, 6) is 0.748. The van der Waals surface area contributed by atoms with Crippen molar-refractivity contribution in [3.63, 3.8) is 0 Å². The summed E-state index contributed by atoms with van der Waals surface area (Å²) < 4.78 is 6.01. The fraction of sp³-hybridized carbons (Fsp3) is 0.867. The Labute approximate surface area is 131 Å². The van der Waals surface area contributed by atoms with Crippen molar-refractivity contribution in [2.24, 2.45) is 5.92 Å². The quantitative estimate of drug-likeness (QED) is 0.769. The monoisotopic (exact) mass is 310 g/mol. The summed E-state index contributed by atoms with van der Waals surface area (Å²) >= 11 is 0. The molecule has 1 aliphatic carbocycles. The zero-order valence-electron chi connectivity index (χ0n) is 13.7. The number of likely N-dealkylation sites (tertiary alicyclic amines) is 1. The number of morpholine rings is 1. The predicted octanol–water partition coefficient (Wildman–Crippen LogP) is -0.421. The van der Waals surface area contributed by atoms with E-state index in [1.54, 1.807) is 30.9 Å². The van der Waals surface area contributed by atoms with E-state index in [0.29, 0.717) is 19.7 Å². The predicted molar refractivity (Wildman–Crippen MR) is 81.5 cm³/mol. The van der Waals surface area contributed by atoms with Crippen molar-refractivity contribution in [3.8, 4) is 0 Å². The minimum atomic E-state index is -0.287. The van der Waals surface area contributed by atoms with Crippen LogP contribution in [-0.2, 0) is 9.53 Å². The summed E-state index contributed by atoms with van der Waals surface area (Å²) in [6.07, 6.45) is 2.52. The molecule has 3 rings (SSSR count). The molecule has 1 N–H and O–H groups in total. The molecule has 0 aromatic carbocycles. The van der Waals surface area contributed by atoms with Gasteiger partial charge in [0.1, 0.15) is 11.6 Å². The molecule has 0 aromatic heterocycles. The standard InChI is InChI=1S/C15H26N4O3/c1-16-13(20)12-7-22-15(8-18(12)6-11-4-5-11)9-19(10-15)14(21)17(2)3/h11-12H,4-10H2,1-3H3,(H,16,20)/t12-/m1/s1. The summed E-state index contributed by atoms with van der Waals surface area (Å²) in [6.45, 7) is 3.34. The molecule has 22 heavy (non-hydrogen) atoms. The summed E-state index contributed by atoms with van der Waals surface area (Å²) in [6, 6.07) is -0.175. The lowest BCUT2D eigenvalue weighted by Gasteiger charge is -2.55. The van der Waals surface area contributed by atoms with E-state index in [0.717, 1.165) is 19.0 Å². The van der Waals surface area contributed by atoms with E-state index in [9.17, 15) is 9.59 Å². The fourth-order valence-corrected chi connectivity index (χ4v) is 3.38. The highest BCUT2D eigenvalue weighted by atomic mass is 16.5. The van der Waals surface area contributed by atoms with Gasteiger partial charge < -0.3 is 19.9 Å². The second-order valence-electron chi connectivity index (χ2n) is 7.03. The van der Waals surface area contributed by atoms with Gasteiger partial charge in [-0.3, -0.25) is 9.69 Å². The minimum absolute atomic E-state index is 0.0241. The Morgan fingerprint density at radius 1 is 1.27 bits per heavy atom. The average molecular weight is 310 g/mol. The van der Waals surface area contributed by atoms with Crippen LogP contribution in [0.25, 0.3) is 0 Å². The molecule has 7 nitrogen and oxygen atoms in total. The van der Waals surface area contributed by atoms with Crippen LogP contribution in [0.1, 0.15) is 12.8 Å². The first-order chi connectivity index (χ1) is 10.4. The van der Waals surface area contributed by atoms with Crippen molar-refractivity contribution < 1.29 is 14.3 Å². The van der Waals surface area contributed by atoms with Crippen LogP contribution in [0.2, 0.25) is 0 Å². The first-order valence-electron chi connectivity index (χ1n) is 8.00. The van der Waals surface area contributed by atoms with Crippen molar-refractivity contribution in [1.82, 2.24) is 20.0 Å². The molecule has 3 fully saturated rings. The number of urea groups is 1. The van der Waals surface area contributed by atoms with E-state index in [1.165, 1.54) is 12.8 Å².